The molecule has 1 fully saturated rings. The van der Waals surface area contributed by atoms with Gasteiger partial charge in [0, 0.05) is 44.2 Å². The van der Waals surface area contributed by atoms with Gasteiger partial charge in [0.25, 0.3) is 5.56 Å². The van der Waals surface area contributed by atoms with Crippen molar-refractivity contribution >= 4 is 11.6 Å². The number of methoxy groups -OCH3 is 1. The number of ether oxygens (including phenoxy) is 1. The van der Waals surface area contributed by atoms with E-state index >= 15 is 0 Å². The summed E-state index contributed by atoms with van der Waals surface area (Å²) in [5, 5.41) is 3.30. The Bertz CT molecular complexity index is 1000. The molecule has 6 heteroatoms. The van der Waals surface area contributed by atoms with Gasteiger partial charge in [-0.1, -0.05) is 32.9 Å². The van der Waals surface area contributed by atoms with E-state index in [1.165, 1.54) is 0 Å². The van der Waals surface area contributed by atoms with E-state index in [-0.39, 0.29) is 22.8 Å². The third-order valence-electron chi connectivity index (χ3n) is 6.28. The van der Waals surface area contributed by atoms with Crippen LogP contribution in [0.5, 0.6) is 5.75 Å². The normalized spacial score (nSPS) is 20.2. The summed E-state index contributed by atoms with van der Waals surface area (Å²) in [5.41, 5.74) is 2.80. The van der Waals surface area contributed by atoms with E-state index in [9.17, 15) is 9.59 Å². The van der Waals surface area contributed by atoms with Crippen LogP contribution in [0.25, 0.3) is 0 Å². The summed E-state index contributed by atoms with van der Waals surface area (Å²) in [6.07, 6.45) is 1.62. The first-order valence-corrected chi connectivity index (χ1v) is 11.1. The van der Waals surface area contributed by atoms with Crippen molar-refractivity contribution in [1.29, 1.82) is 0 Å². The van der Waals surface area contributed by atoms with Gasteiger partial charge in [-0.3, -0.25) is 9.59 Å². The van der Waals surface area contributed by atoms with Crippen molar-refractivity contribution in [2.75, 3.05) is 25.5 Å². The number of carbonyl (C=O) groups excluding carboxylic acids is 1. The molecular weight excluding hydrogens is 390 g/mol. The van der Waals surface area contributed by atoms with Crippen molar-refractivity contribution in [3.05, 3.63) is 58.0 Å². The molecule has 1 amide bonds. The second kappa shape index (κ2) is 8.40. The zero-order valence-corrected chi connectivity index (χ0v) is 19.0. The molecule has 166 valence electrons. The summed E-state index contributed by atoms with van der Waals surface area (Å²) >= 11 is 0. The molecular formula is C25H33N3O3. The first-order chi connectivity index (χ1) is 14.7. The Balaban J connectivity index is 1.48. The standard InChI is InChI=1S/C25H33N3O3/c1-25(2,3)12-23(29)27-14-18-11-19(16-27)22-10-9-21(24(30)28(22)15-18)26-13-17-5-7-20(31-4)8-6-17/h5-10,18-19,26H,11-16H2,1-4H3. The highest BCUT2D eigenvalue weighted by Crippen LogP contribution is 2.36. The fourth-order valence-corrected chi connectivity index (χ4v) is 4.79. The number of piperidine rings is 1. The highest BCUT2D eigenvalue weighted by molar-refractivity contribution is 5.77. The van der Waals surface area contributed by atoms with Crippen LogP contribution in [0.4, 0.5) is 5.69 Å². The van der Waals surface area contributed by atoms with Crippen molar-refractivity contribution in [3.8, 4) is 5.75 Å². The van der Waals surface area contributed by atoms with Crippen molar-refractivity contribution in [2.24, 2.45) is 11.3 Å². The minimum absolute atomic E-state index is 0.0110. The summed E-state index contributed by atoms with van der Waals surface area (Å²) in [7, 11) is 1.65. The lowest BCUT2D eigenvalue weighted by molar-refractivity contribution is -0.135. The van der Waals surface area contributed by atoms with E-state index in [2.05, 4.69) is 32.2 Å². The molecule has 2 aliphatic heterocycles. The van der Waals surface area contributed by atoms with Gasteiger partial charge in [0.05, 0.1) is 7.11 Å². The Morgan fingerprint density at radius 1 is 1.10 bits per heavy atom. The van der Waals surface area contributed by atoms with Crippen molar-refractivity contribution in [3.63, 3.8) is 0 Å². The summed E-state index contributed by atoms with van der Waals surface area (Å²) < 4.78 is 7.13. The molecule has 1 aromatic heterocycles. The number of amides is 1. The van der Waals surface area contributed by atoms with E-state index in [1.807, 2.05) is 39.8 Å². The van der Waals surface area contributed by atoms with Crippen molar-refractivity contribution in [2.45, 2.75) is 52.6 Å². The number of rotatable bonds is 5. The molecule has 2 aromatic rings. The quantitative estimate of drug-likeness (QED) is 0.793. The van der Waals surface area contributed by atoms with Gasteiger partial charge in [-0.15, -0.1) is 0 Å². The Labute approximate surface area is 184 Å². The number of nitrogens with zero attached hydrogens (tertiary/aromatic N) is 2. The second-order valence-corrected chi connectivity index (χ2v) is 10.1. The number of hydrogen-bond acceptors (Lipinski definition) is 4. The predicted octanol–water partition coefficient (Wildman–Crippen LogP) is 3.85. The van der Waals surface area contributed by atoms with E-state index in [4.69, 9.17) is 4.74 Å². The van der Waals surface area contributed by atoms with Crippen LogP contribution in [0, 0.1) is 11.3 Å². The smallest absolute Gasteiger partial charge is 0.274 e. The Kier molecular flexibility index (Phi) is 5.82. The minimum atomic E-state index is -0.0110. The SMILES string of the molecule is COc1ccc(CNc2ccc3n(c2=O)CC2CC3CN(C(=O)CC(C)(C)C)C2)cc1. The number of pyridine rings is 1. The Morgan fingerprint density at radius 3 is 2.52 bits per heavy atom. The van der Waals surface area contributed by atoms with E-state index in [0.717, 1.165) is 30.0 Å². The summed E-state index contributed by atoms with van der Waals surface area (Å²) in [6, 6.07) is 11.8. The van der Waals surface area contributed by atoms with E-state index in [0.29, 0.717) is 37.7 Å². The number of likely N-dealkylation sites (tertiary alicyclic amines) is 1. The lowest BCUT2D eigenvalue weighted by Crippen LogP contribution is -2.49. The second-order valence-electron chi connectivity index (χ2n) is 10.1. The molecule has 4 rings (SSSR count). The van der Waals surface area contributed by atoms with Gasteiger partial charge in [0.2, 0.25) is 5.91 Å². The molecule has 0 aliphatic carbocycles. The third kappa shape index (κ3) is 4.78. The van der Waals surface area contributed by atoms with Crippen LogP contribution < -0.4 is 15.6 Å². The Morgan fingerprint density at radius 2 is 1.84 bits per heavy atom. The average Bonchev–Trinajstić information content (AvgIpc) is 2.73. The molecule has 2 atom stereocenters. The predicted molar refractivity (Wildman–Crippen MR) is 123 cm³/mol. The number of benzene rings is 1. The summed E-state index contributed by atoms with van der Waals surface area (Å²) in [5.74, 6) is 1.62. The van der Waals surface area contributed by atoms with E-state index in [1.54, 1.807) is 7.11 Å². The maximum Gasteiger partial charge on any atom is 0.274 e. The Hall–Kier alpha value is -2.76. The van der Waals surface area contributed by atoms with E-state index < -0.39 is 0 Å². The zero-order chi connectivity index (χ0) is 22.2. The van der Waals surface area contributed by atoms with Gasteiger partial charge in [-0.2, -0.15) is 0 Å². The van der Waals surface area contributed by atoms with Crippen LogP contribution in [-0.2, 0) is 17.9 Å². The van der Waals surface area contributed by atoms with Crippen LogP contribution in [-0.4, -0.2) is 35.6 Å². The van der Waals surface area contributed by atoms with Crippen LogP contribution in [0.15, 0.2) is 41.2 Å². The van der Waals surface area contributed by atoms with Gasteiger partial charge >= 0.3 is 0 Å². The van der Waals surface area contributed by atoms with Crippen molar-refractivity contribution in [1.82, 2.24) is 9.47 Å². The fourth-order valence-electron chi connectivity index (χ4n) is 4.79. The molecule has 3 heterocycles. The summed E-state index contributed by atoms with van der Waals surface area (Å²) in [6.45, 7) is 9.04. The average molecular weight is 424 g/mol. The molecule has 2 unspecified atom stereocenters. The number of nitrogens with one attached hydrogen (secondary N) is 1. The largest absolute Gasteiger partial charge is 0.497 e. The maximum atomic E-state index is 13.2. The number of hydrogen-bond donors (Lipinski definition) is 1. The first kappa shape index (κ1) is 21.5. The third-order valence-corrected chi connectivity index (χ3v) is 6.28. The molecule has 31 heavy (non-hydrogen) atoms. The highest BCUT2D eigenvalue weighted by atomic mass is 16.5. The van der Waals surface area contributed by atoms with Crippen LogP contribution >= 0.6 is 0 Å². The lowest BCUT2D eigenvalue weighted by Gasteiger charge is -2.43. The lowest BCUT2D eigenvalue weighted by atomic mass is 9.82. The number of fused-ring (bicyclic) bond motifs is 4. The summed E-state index contributed by atoms with van der Waals surface area (Å²) in [4.78, 5) is 28.0. The van der Waals surface area contributed by atoms with Gasteiger partial charge in [0.1, 0.15) is 11.4 Å². The van der Waals surface area contributed by atoms with Gasteiger partial charge in [-0.05, 0) is 47.6 Å². The van der Waals surface area contributed by atoms with Gasteiger partial charge in [0.15, 0.2) is 0 Å². The molecule has 0 saturated carbocycles. The molecule has 6 nitrogen and oxygen atoms in total. The number of aromatic nitrogens is 1. The molecule has 2 aliphatic rings. The fraction of sp³-hybridized carbons (Fsp3) is 0.520. The topological polar surface area (TPSA) is 63.6 Å². The molecule has 0 spiro atoms. The monoisotopic (exact) mass is 423 g/mol. The molecule has 0 radical (unpaired) electrons. The molecule has 1 N–H and O–H groups in total. The highest BCUT2D eigenvalue weighted by Gasteiger charge is 2.37. The van der Waals surface area contributed by atoms with Crippen LogP contribution in [0.2, 0.25) is 0 Å². The van der Waals surface area contributed by atoms with Crippen LogP contribution in [0.1, 0.15) is 50.8 Å². The maximum absolute atomic E-state index is 13.2. The number of anilines is 1. The van der Waals surface area contributed by atoms with Crippen LogP contribution in [0.3, 0.4) is 0 Å². The zero-order valence-electron chi connectivity index (χ0n) is 19.0. The molecule has 2 bridgehead atoms. The number of carbonyl (C=O) groups is 1. The van der Waals surface area contributed by atoms with Gasteiger partial charge in [-0.25, -0.2) is 0 Å². The van der Waals surface area contributed by atoms with Gasteiger partial charge < -0.3 is 19.5 Å². The molecule has 1 saturated heterocycles. The molecule has 1 aromatic carbocycles. The van der Waals surface area contributed by atoms with Crippen molar-refractivity contribution < 1.29 is 9.53 Å². The first-order valence-electron chi connectivity index (χ1n) is 11.1. The minimum Gasteiger partial charge on any atom is -0.497 e.